The number of H-pyrrole nitrogens is 1. The van der Waals surface area contributed by atoms with Crippen LogP contribution in [0.4, 0.5) is 5.82 Å². The zero-order chi connectivity index (χ0) is 28.6. The lowest BCUT2D eigenvalue weighted by Crippen LogP contribution is -2.48. The predicted octanol–water partition coefficient (Wildman–Crippen LogP) is 3.16. The molecule has 0 amide bonds. The van der Waals surface area contributed by atoms with Crippen molar-refractivity contribution in [3.8, 4) is 0 Å². The van der Waals surface area contributed by atoms with Crippen LogP contribution in [0.25, 0.3) is 22.2 Å². The van der Waals surface area contributed by atoms with Crippen molar-refractivity contribution in [2.24, 2.45) is 5.92 Å². The molecule has 12 nitrogen and oxygen atoms in total. The van der Waals surface area contributed by atoms with Gasteiger partial charge in [0.25, 0.3) is 0 Å². The molecule has 0 unspecified atom stereocenters. The van der Waals surface area contributed by atoms with E-state index in [1.165, 1.54) is 24.7 Å². The van der Waals surface area contributed by atoms with E-state index in [0.717, 1.165) is 49.5 Å². The highest BCUT2D eigenvalue weighted by Crippen LogP contribution is 2.45. The van der Waals surface area contributed by atoms with Crippen molar-refractivity contribution >= 4 is 28.0 Å². The maximum absolute atomic E-state index is 6.61. The number of nitrogens with two attached hydrogens (primary N) is 1. The molecule has 6 heterocycles. The number of hydrogen-bond donors (Lipinski definition) is 2. The zero-order valence-corrected chi connectivity index (χ0v) is 24.3. The minimum absolute atomic E-state index is 0.144. The molecule has 1 aliphatic carbocycles. The van der Waals surface area contributed by atoms with Gasteiger partial charge >= 0.3 is 0 Å². The molecule has 4 aliphatic rings. The van der Waals surface area contributed by atoms with Crippen LogP contribution in [-0.2, 0) is 25.4 Å². The van der Waals surface area contributed by atoms with E-state index in [9.17, 15) is 0 Å². The fourth-order valence-electron chi connectivity index (χ4n) is 7.03. The lowest BCUT2D eigenvalue weighted by Gasteiger charge is -2.42. The third-order valence-corrected chi connectivity index (χ3v) is 9.54. The number of nitrogens with zero attached hydrogens (tertiary/aromatic N) is 6. The fraction of sp³-hybridized carbons (Fsp3) is 0.600. The van der Waals surface area contributed by atoms with Crippen LogP contribution >= 0.6 is 0 Å². The SMILES string of the molecule is CN(C[C@H]1O[C@@H](n2cnc3c(N)ncnc32)[C@H]2OC(C)(C)O[C@@H]21)C1CC(CCc2nc3cc(C4COC4)ccc3[nH]2)C1. The molecular weight excluding hydrogens is 536 g/mol. The highest BCUT2D eigenvalue weighted by Gasteiger charge is 2.56. The van der Waals surface area contributed by atoms with Crippen molar-refractivity contribution in [1.29, 1.82) is 0 Å². The van der Waals surface area contributed by atoms with Gasteiger partial charge in [-0.25, -0.2) is 19.9 Å². The van der Waals surface area contributed by atoms with E-state index in [-0.39, 0.29) is 18.3 Å². The molecule has 3 aliphatic heterocycles. The van der Waals surface area contributed by atoms with Gasteiger partial charge in [-0.15, -0.1) is 0 Å². The van der Waals surface area contributed by atoms with Crippen LogP contribution in [-0.4, -0.2) is 91.3 Å². The van der Waals surface area contributed by atoms with Crippen LogP contribution in [0.15, 0.2) is 30.9 Å². The second-order valence-electron chi connectivity index (χ2n) is 12.9. The third kappa shape index (κ3) is 4.56. The number of imidazole rings is 2. The Labute approximate surface area is 243 Å². The number of nitrogen functional groups attached to an aromatic ring is 1. The smallest absolute Gasteiger partial charge is 0.167 e. The van der Waals surface area contributed by atoms with E-state index in [4.69, 9.17) is 29.7 Å². The molecule has 4 atom stereocenters. The third-order valence-electron chi connectivity index (χ3n) is 9.54. The summed E-state index contributed by atoms with van der Waals surface area (Å²) in [5.74, 6) is 1.96. The Morgan fingerprint density at radius 3 is 2.76 bits per heavy atom. The first-order valence-electron chi connectivity index (χ1n) is 15.0. The van der Waals surface area contributed by atoms with Crippen molar-refractivity contribution in [3.63, 3.8) is 0 Å². The van der Waals surface area contributed by atoms with Gasteiger partial charge in [-0.2, -0.15) is 0 Å². The minimum atomic E-state index is -0.690. The largest absolute Gasteiger partial charge is 0.382 e. The average Bonchev–Trinajstić information content (AvgIpc) is 3.64. The van der Waals surface area contributed by atoms with Gasteiger partial charge in [-0.3, -0.25) is 4.57 Å². The molecule has 0 bridgehead atoms. The second kappa shape index (κ2) is 9.95. The van der Waals surface area contributed by atoms with Crippen LogP contribution in [0.5, 0.6) is 0 Å². The highest BCUT2D eigenvalue weighted by molar-refractivity contribution is 5.81. The number of rotatable bonds is 8. The Kier molecular flexibility index (Phi) is 6.27. The lowest BCUT2D eigenvalue weighted by molar-refractivity contribution is -0.198. The van der Waals surface area contributed by atoms with E-state index in [2.05, 4.69) is 50.1 Å². The Bertz CT molecular complexity index is 1610. The number of likely N-dealkylation sites (N-methyl/N-ethyl adjacent to an activating group) is 1. The first-order valence-corrected chi connectivity index (χ1v) is 15.0. The Morgan fingerprint density at radius 2 is 1.95 bits per heavy atom. The van der Waals surface area contributed by atoms with Gasteiger partial charge in [0.2, 0.25) is 0 Å². The van der Waals surface area contributed by atoms with Gasteiger partial charge in [-0.05, 0) is 63.8 Å². The van der Waals surface area contributed by atoms with Gasteiger partial charge in [0.1, 0.15) is 36.0 Å². The summed E-state index contributed by atoms with van der Waals surface area (Å²) in [5.41, 5.74) is 10.7. The average molecular weight is 575 g/mol. The second-order valence-corrected chi connectivity index (χ2v) is 12.9. The molecule has 4 aromatic rings. The Balaban J connectivity index is 0.884. The molecule has 0 radical (unpaired) electrons. The summed E-state index contributed by atoms with van der Waals surface area (Å²) in [6, 6.07) is 7.10. The summed E-state index contributed by atoms with van der Waals surface area (Å²) >= 11 is 0. The van der Waals surface area contributed by atoms with Crippen LogP contribution in [0.2, 0.25) is 0 Å². The molecule has 4 fully saturated rings. The van der Waals surface area contributed by atoms with E-state index >= 15 is 0 Å². The van der Waals surface area contributed by atoms with Crippen molar-refractivity contribution in [1.82, 2.24) is 34.4 Å². The summed E-state index contributed by atoms with van der Waals surface area (Å²) in [6.07, 6.45) is 6.61. The number of ether oxygens (including phenoxy) is 4. The number of benzene rings is 1. The molecule has 1 aromatic carbocycles. The maximum atomic E-state index is 6.61. The summed E-state index contributed by atoms with van der Waals surface area (Å²) in [6.45, 7) is 6.31. The first kappa shape index (κ1) is 26.5. The first-order chi connectivity index (χ1) is 20.3. The number of aryl methyl sites for hydroxylation is 1. The monoisotopic (exact) mass is 574 g/mol. The maximum Gasteiger partial charge on any atom is 0.167 e. The number of anilines is 1. The molecule has 1 saturated carbocycles. The van der Waals surface area contributed by atoms with Gasteiger partial charge in [-0.1, -0.05) is 6.07 Å². The topological polar surface area (TPSA) is 138 Å². The van der Waals surface area contributed by atoms with Gasteiger partial charge in [0.05, 0.1) is 30.6 Å². The van der Waals surface area contributed by atoms with E-state index in [1.807, 2.05) is 18.4 Å². The molecule has 0 spiro atoms. The minimum Gasteiger partial charge on any atom is -0.382 e. The van der Waals surface area contributed by atoms with Crippen LogP contribution in [0.1, 0.15) is 56.6 Å². The van der Waals surface area contributed by atoms with Crippen LogP contribution in [0.3, 0.4) is 0 Å². The highest BCUT2D eigenvalue weighted by atomic mass is 16.8. The molecule has 3 aromatic heterocycles. The quantitative estimate of drug-likeness (QED) is 0.323. The summed E-state index contributed by atoms with van der Waals surface area (Å²) in [5, 5.41) is 0. The Hall–Kier alpha value is -3.16. The van der Waals surface area contributed by atoms with E-state index in [1.54, 1.807) is 6.33 Å². The molecule has 8 rings (SSSR count). The predicted molar refractivity (Wildman–Crippen MR) is 155 cm³/mol. The van der Waals surface area contributed by atoms with E-state index < -0.39 is 12.0 Å². The molecule has 222 valence electrons. The number of hydrogen-bond acceptors (Lipinski definition) is 10. The molecule has 42 heavy (non-hydrogen) atoms. The van der Waals surface area contributed by atoms with Crippen molar-refractivity contribution in [2.75, 3.05) is 32.5 Å². The zero-order valence-electron chi connectivity index (χ0n) is 24.3. The number of aromatic amines is 1. The summed E-state index contributed by atoms with van der Waals surface area (Å²) in [4.78, 5) is 23.8. The van der Waals surface area contributed by atoms with Crippen LogP contribution < -0.4 is 5.73 Å². The van der Waals surface area contributed by atoms with Crippen molar-refractivity contribution in [3.05, 3.63) is 42.2 Å². The summed E-state index contributed by atoms with van der Waals surface area (Å²) < 4.78 is 26.6. The van der Waals surface area contributed by atoms with Crippen molar-refractivity contribution < 1.29 is 18.9 Å². The fourth-order valence-corrected chi connectivity index (χ4v) is 7.03. The standard InChI is InChI=1S/C30H38N8O4/c1-30(2)41-25-22(40-29(26(25)42-30)38-15-34-24-27(31)32-14-33-28(24)38)11-37(3)19-8-16(9-19)4-7-23-35-20-6-5-17(10-21(20)36-23)18-12-39-13-18/h5-6,10,14-16,18-19,22,25-26,29H,4,7-9,11-13H2,1-3H3,(H,35,36)(H2,31,32,33)/t16?,19?,22-,25-,26+,29-/m1/s1. The molecule has 3 N–H and O–H groups in total. The normalized spacial score (nSPS) is 30.7. The lowest BCUT2D eigenvalue weighted by atomic mass is 9.76. The molecular formula is C30H38N8O4. The number of aromatic nitrogens is 6. The molecule has 12 heteroatoms. The van der Waals surface area contributed by atoms with Crippen LogP contribution in [0, 0.1) is 5.92 Å². The van der Waals surface area contributed by atoms with E-state index in [0.29, 0.717) is 34.9 Å². The molecule has 3 saturated heterocycles. The summed E-state index contributed by atoms with van der Waals surface area (Å²) in [7, 11) is 2.19. The number of fused-ring (bicyclic) bond motifs is 3. The number of nitrogens with one attached hydrogen (secondary N) is 1. The Morgan fingerprint density at radius 1 is 1.12 bits per heavy atom. The van der Waals surface area contributed by atoms with Crippen molar-refractivity contribution in [2.45, 2.75) is 81.8 Å². The van der Waals surface area contributed by atoms with Gasteiger partial charge < -0.3 is 34.6 Å². The van der Waals surface area contributed by atoms with Gasteiger partial charge in [0.15, 0.2) is 23.5 Å². The van der Waals surface area contributed by atoms with Gasteiger partial charge in [0, 0.05) is 24.9 Å².